The molecule has 1 aromatic carbocycles. The summed E-state index contributed by atoms with van der Waals surface area (Å²) >= 11 is 0. The Balaban J connectivity index is 0.000000791. The van der Waals surface area contributed by atoms with Crippen LogP contribution in [0, 0.1) is 5.82 Å². The Bertz CT molecular complexity index is 263. The molecule has 14 heavy (non-hydrogen) atoms. The van der Waals surface area contributed by atoms with Crippen molar-refractivity contribution in [3.8, 4) is 5.75 Å². The molecular formula is C11H18FNO. The van der Waals surface area contributed by atoms with Crippen LogP contribution in [0.4, 0.5) is 10.1 Å². The van der Waals surface area contributed by atoms with Crippen LogP contribution in [0.2, 0.25) is 0 Å². The Morgan fingerprint density at radius 1 is 1.36 bits per heavy atom. The predicted octanol–water partition coefficient (Wildman–Crippen LogP) is 3.29. The summed E-state index contributed by atoms with van der Waals surface area (Å²) in [5.41, 5.74) is 0.746. The van der Waals surface area contributed by atoms with Crippen molar-refractivity contribution in [2.24, 2.45) is 0 Å². The fourth-order valence-corrected chi connectivity index (χ4v) is 0.929. The second-order valence-corrected chi connectivity index (χ2v) is 2.33. The van der Waals surface area contributed by atoms with Crippen LogP contribution in [0.25, 0.3) is 0 Å². The van der Waals surface area contributed by atoms with Crippen LogP contribution < -0.4 is 10.1 Å². The molecule has 2 nitrogen and oxygen atoms in total. The van der Waals surface area contributed by atoms with Crippen molar-refractivity contribution >= 4 is 5.69 Å². The van der Waals surface area contributed by atoms with Crippen molar-refractivity contribution in [3.05, 3.63) is 24.0 Å². The maximum atomic E-state index is 13.1. The summed E-state index contributed by atoms with van der Waals surface area (Å²) in [6, 6.07) is 4.80. The third kappa shape index (κ3) is 3.64. The van der Waals surface area contributed by atoms with Crippen molar-refractivity contribution in [2.75, 3.05) is 19.0 Å². The SMILES string of the molecule is CC.CCOc1ccc(NC)cc1F. The lowest BCUT2D eigenvalue weighted by Crippen LogP contribution is -1.95. The van der Waals surface area contributed by atoms with Gasteiger partial charge in [-0.3, -0.25) is 0 Å². The Labute approximate surface area is 85.1 Å². The van der Waals surface area contributed by atoms with E-state index in [0.29, 0.717) is 12.4 Å². The summed E-state index contributed by atoms with van der Waals surface area (Å²) in [5, 5.41) is 2.84. The second kappa shape index (κ2) is 7.18. The molecule has 0 saturated heterocycles. The normalized spacial score (nSPS) is 8.64. The van der Waals surface area contributed by atoms with Crippen LogP contribution in [-0.4, -0.2) is 13.7 Å². The number of hydrogen-bond donors (Lipinski definition) is 1. The standard InChI is InChI=1S/C9H12FNO.C2H6/c1-3-12-9-5-4-7(11-2)6-8(9)10;1-2/h4-6,11H,3H2,1-2H3;1-2H3. The first-order valence-electron chi connectivity index (χ1n) is 4.88. The van der Waals surface area contributed by atoms with Crippen molar-refractivity contribution < 1.29 is 9.13 Å². The van der Waals surface area contributed by atoms with E-state index in [-0.39, 0.29) is 5.82 Å². The van der Waals surface area contributed by atoms with Gasteiger partial charge in [-0.25, -0.2) is 4.39 Å². The molecule has 0 unspecified atom stereocenters. The minimum Gasteiger partial charge on any atom is -0.491 e. The Morgan fingerprint density at radius 2 is 2.00 bits per heavy atom. The van der Waals surface area contributed by atoms with Gasteiger partial charge in [-0.1, -0.05) is 13.8 Å². The lowest BCUT2D eigenvalue weighted by Gasteiger charge is -2.05. The number of benzene rings is 1. The lowest BCUT2D eigenvalue weighted by molar-refractivity contribution is 0.321. The number of nitrogens with one attached hydrogen (secondary N) is 1. The molecule has 0 amide bonds. The molecular weight excluding hydrogens is 181 g/mol. The highest BCUT2D eigenvalue weighted by atomic mass is 19.1. The average Bonchev–Trinajstić information content (AvgIpc) is 2.24. The molecule has 0 saturated carbocycles. The van der Waals surface area contributed by atoms with Crippen LogP contribution in [0.3, 0.4) is 0 Å². The molecule has 0 radical (unpaired) electrons. The van der Waals surface area contributed by atoms with Crippen LogP contribution in [0.5, 0.6) is 5.75 Å². The third-order valence-corrected chi connectivity index (χ3v) is 1.52. The van der Waals surface area contributed by atoms with E-state index in [1.54, 1.807) is 19.2 Å². The van der Waals surface area contributed by atoms with Crippen molar-refractivity contribution in [3.63, 3.8) is 0 Å². The molecule has 0 heterocycles. The van der Waals surface area contributed by atoms with Gasteiger partial charge >= 0.3 is 0 Å². The maximum Gasteiger partial charge on any atom is 0.167 e. The molecule has 0 spiro atoms. The highest BCUT2D eigenvalue weighted by molar-refractivity contribution is 5.46. The Hall–Kier alpha value is -1.25. The minimum atomic E-state index is -0.330. The van der Waals surface area contributed by atoms with Crippen molar-refractivity contribution in [1.29, 1.82) is 0 Å². The van der Waals surface area contributed by atoms with E-state index in [0.717, 1.165) is 5.69 Å². The topological polar surface area (TPSA) is 21.3 Å². The molecule has 80 valence electrons. The summed E-state index contributed by atoms with van der Waals surface area (Å²) in [7, 11) is 1.75. The molecule has 0 aromatic heterocycles. The zero-order chi connectivity index (χ0) is 11.0. The molecule has 1 rings (SSSR count). The first kappa shape index (κ1) is 12.8. The van der Waals surface area contributed by atoms with Gasteiger partial charge in [0.1, 0.15) is 0 Å². The summed E-state index contributed by atoms with van der Waals surface area (Å²) in [5.74, 6) is -0.0276. The van der Waals surface area contributed by atoms with E-state index < -0.39 is 0 Å². The Morgan fingerprint density at radius 3 is 2.43 bits per heavy atom. The summed E-state index contributed by atoms with van der Waals surface area (Å²) in [4.78, 5) is 0. The highest BCUT2D eigenvalue weighted by Crippen LogP contribution is 2.20. The number of ether oxygens (including phenoxy) is 1. The monoisotopic (exact) mass is 199 g/mol. The minimum absolute atomic E-state index is 0.302. The van der Waals surface area contributed by atoms with Gasteiger partial charge in [-0.2, -0.15) is 0 Å². The molecule has 0 bridgehead atoms. The zero-order valence-electron chi connectivity index (χ0n) is 9.23. The van der Waals surface area contributed by atoms with E-state index in [4.69, 9.17) is 4.74 Å². The largest absolute Gasteiger partial charge is 0.491 e. The van der Waals surface area contributed by atoms with Crippen molar-refractivity contribution in [2.45, 2.75) is 20.8 Å². The van der Waals surface area contributed by atoms with E-state index in [1.807, 2.05) is 20.8 Å². The number of hydrogen-bond acceptors (Lipinski definition) is 2. The lowest BCUT2D eigenvalue weighted by atomic mass is 10.3. The van der Waals surface area contributed by atoms with Crippen LogP contribution in [-0.2, 0) is 0 Å². The van der Waals surface area contributed by atoms with E-state index in [9.17, 15) is 4.39 Å². The van der Waals surface area contributed by atoms with E-state index >= 15 is 0 Å². The fourth-order valence-electron chi connectivity index (χ4n) is 0.929. The van der Waals surface area contributed by atoms with Gasteiger partial charge in [-0.05, 0) is 19.1 Å². The van der Waals surface area contributed by atoms with Gasteiger partial charge < -0.3 is 10.1 Å². The first-order valence-corrected chi connectivity index (χ1v) is 4.88. The highest BCUT2D eigenvalue weighted by Gasteiger charge is 2.02. The molecule has 0 atom stereocenters. The van der Waals surface area contributed by atoms with E-state index in [1.165, 1.54) is 6.07 Å². The van der Waals surface area contributed by atoms with Gasteiger partial charge in [-0.15, -0.1) is 0 Å². The summed E-state index contributed by atoms with van der Waals surface area (Å²) in [6.07, 6.45) is 0. The molecule has 3 heteroatoms. The summed E-state index contributed by atoms with van der Waals surface area (Å²) in [6.45, 7) is 6.31. The molecule has 0 fully saturated rings. The van der Waals surface area contributed by atoms with Gasteiger partial charge in [0.25, 0.3) is 0 Å². The Kier molecular flexibility index (Phi) is 6.54. The average molecular weight is 199 g/mol. The summed E-state index contributed by atoms with van der Waals surface area (Å²) < 4.78 is 18.1. The van der Waals surface area contributed by atoms with Gasteiger partial charge in [0.05, 0.1) is 6.61 Å². The van der Waals surface area contributed by atoms with Crippen LogP contribution in [0.15, 0.2) is 18.2 Å². The van der Waals surface area contributed by atoms with Crippen molar-refractivity contribution in [1.82, 2.24) is 0 Å². The smallest absolute Gasteiger partial charge is 0.167 e. The van der Waals surface area contributed by atoms with Gasteiger partial charge in [0, 0.05) is 18.8 Å². The van der Waals surface area contributed by atoms with E-state index in [2.05, 4.69) is 5.32 Å². The van der Waals surface area contributed by atoms with Gasteiger partial charge in [0.15, 0.2) is 11.6 Å². The number of halogens is 1. The van der Waals surface area contributed by atoms with Gasteiger partial charge in [0.2, 0.25) is 0 Å². The van der Waals surface area contributed by atoms with Crippen LogP contribution >= 0.6 is 0 Å². The second-order valence-electron chi connectivity index (χ2n) is 2.33. The number of anilines is 1. The molecule has 0 aliphatic carbocycles. The zero-order valence-corrected chi connectivity index (χ0v) is 9.23. The number of rotatable bonds is 3. The third-order valence-electron chi connectivity index (χ3n) is 1.52. The molecule has 0 aliphatic rings. The predicted molar refractivity (Wildman–Crippen MR) is 58.5 cm³/mol. The molecule has 1 N–H and O–H groups in total. The molecule has 1 aromatic rings. The maximum absolute atomic E-state index is 13.1. The molecule has 0 aliphatic heterocycles. The first-order chi connectivity index (χ1) is 6.77. The quantitative estimate of drug-likeness (QED) is 0.806. The fraction of sp³-hybridized carbons (Fsp3) is 0.455. The van der Waals surface area contributed by atoms with Crippen LogP contribution in [0.1, 0.15) is 20.8 Å².